The standard InChI is InChI=1S/C20H21N5O6/c1-14(21-19(26)15-3-2-4-18(13-15)25(30)31)20(27)23-11-9-22(10-12-23)16-5-7-17(8-6-16)24(28)29/h2-8,13-14H,9-12H2,1H3,(H,21,26). The van der Waals surface area contributed by atoms with Gasteiger partial charge in [-0.2, -0.15) is 0 Å². The SMILES string of the molecule is CC(NC(=O)c1cccc([N+](=O)[O-])c1)C(=O)N1CCN(c2ccc([N+](=O)[O-])cc2)CC1. The largest absolute Gasteiger partial charge is 0.368 e. The molecule has 1 atom stereocenters. The van der Waals surface area contributed by atoms with Crippen molar-refractivity contribution in [3.05, 3.63) is 74.3 Å². The van der Waals surface area contributed by atoms with Crippen molar-refractivity contribution in [3.63, 3.8) is 0 Å². The zero-order valence-electron chi connectivity index (χ0n) is 16.8. The molecule has 0 spiro atoms. The van der Waals surface area contributed by atoms with Gasteiger partial charge in [-0.05, 0) is 25.1 Å². The van der Waals surface area contributed by atoms with Crippen molar-refractivity contribution in [2.24, 2.45) is 0 Å². The zero-order chi connectivity index (χ0) is 22.5. The van der Waals surface area contributed by atoms with E-state index in [0.29, 0.717) is 26.2 Å². The fourth-order valence-electron chi connectivity index (χ4n) is 3.35. The Morgan fingerprint density at radius 1 is 0.935 bits per heavy atom. The molecule has 0 radical (unpaired) electrons. The molecule has 0 bridgehead atoms. The van der Waals surface area contributed by atoms with Crippen molar-refractivity contribution in [2.45, 2.75) is 13.0 Å². The predicted octanol–water partition coefficient (Wildman–Crippen LogP) is 1.97. The number of nitrogens with zero attached hydrogens (tertiary/aromatic N) is 4. The van der Waals surface area contributed by atoms with Crippen molar-refractivity contribution >= 4 is 28.9 Å². The van der Waals surface area contributed by atoms with Crippen molar-refractivity contribution in [1.29, 1.82) is 0 Å². The number of benzene rings is 2. The van der Waals surface area contributed by atoms with E-state index in [2.05, 4.69) is 5.32 Å². The molecule has 11 nitrogen and oxygen atoms in total. The van der Waals surface area contributed by atoms with Crippen molar-refractivity contribution in [3.8, 4) is 0 Å². The van der Waals surface area contributed by atoms with Gasteiger partial charge < -0.3 is 15.1 Å². The van der Waals surface area contributed by atoms with Gasteiger partial charge in [0.05, 0.1) is 9.85 Å². The number of nitrogens with one attached hydrogen (secondary N) is 1. The maximum atomic E-state index is 12.7. The van der Waals surface area contributed by atoms with E-state index in [1.54, 1.807) is 24.0 Å². The van der Waals surface area contributed by atoms with Crippen LogP contribution in [0.15, 0.2) is 48.5 Å². The molecule has 3 rings (SSSR count). The molecule has 0 aliphatic carbocycles. The second kappa shape index (κ2) is 9.20. The lowest BCUT2D eigenvalue weighted by molar-refractivity contribution is -0.385. The molecule has 11 heteroatoms. The summed E-state index contributed by atoms with van der Waals surface area (Å²) >= 11 is 0. The maximum absolute atomic E-state index is 12.7. The highest BCUT2D eigenvalue weighted by atomic mass is 16.6. The Hall–Kier alpha value is -4.02. The van der Waals surface area contributed by atoms with Gasteiger partial charge in [-0.1, -0.05) is 6.07 Å². The highest BCUT2D eigenvalue weighted by Gasteiger charge is 2.26. The average Bonchev–Trinajstić information content (AvgIpc) is 2.78. The number of non-ortho nitro benzene ring substituents is 2. The lowest BCUT2D eigenvalue weighted by atomic mass is 10.1. The van der Waals surface area contributed by atoms with Gasteiger partial charge in [-0.25, -0.2) is 0 Å². The molecule has 1 fully saturated rings. The van der Waals surface area contributed by atoms with Crippen LogP contribution in [0.3, 0.4) is 0 Å². The minimum atomic E-state index is -0.794. The minimum Gasteiger partial charge on any atom is -0.368 e. The van der Waals surface area contributed by atoms with Crippen LogP contribution in [-0.2, 0) is 4.79 Å². The van der Waals surface area contributed by atoms with E-state index in [1.807, 2.05) is 4.90 Å². The molecular formula is C20H21N5O6. The second-order valence-corrected chi connectivity index (χ2v) is 7.09. The quantitative estimate of drug-likeness (QED) is 0.549. The molecule has 31 heavy (non-hydrogen) atoms. The first-order valence-corrected chi connectivity index (χ1v) is 9.60. The van der Waals surface area contributed by atoms with Crippen LogP contribution >= 0.6 is 0 Å². The normalized spacial score (nSPS) is 14.6. The number of carbonyl (C=O) groups is 2. The van der Waals surface area contributed by atoms with E-state index < -0.39 is 21.8 Å². The Kier molecular flexibility index (Phi) is 6.43. The van der Waals surface area contributed by atoms with Gasteiger partial charge in [0.2, 0.25) is 5.91 Å². The summed E-state index contributed by atoms with van der Waals surface area (Å²) in [6.07, 6.45) is 0. The second-order valence-electron chi connectivity index (χ2n) is 7.09. The molecule has 0 saturated carbocycles. The first-order valence-electron chi connectivity index (χ1n) is 9.60. The van der Waals surface area contributed by atoms with Gasteiger partial charge in [0.1, 0.15) is 6.04 Å². The minimum absolute atomic E-state index is 0.0193. The third kappa shape index (κ3) is 5.13. The highest BCUT2D eigenvalue weighted by Crippen LogP contribution is 2.21. The van der Waals surface area contributed by atoms with Crippen LogP contribution in [0, 0.1) is 20.2 Å². The van der Waals surface area contributed by atoms with Gasteiger partial charge in [0.25, 0.3) is 17.3 Å². The van der Waals surface area contributed by atoms with Gasteiger partial charge >= 0.3 is 0 Å². The summed E-state index contributed by atoms with van der Waals surface area (Å²) in [5.74, 6) is -0.809. The molecule has 1 N–H and O–H groups in total. The molecule has 1 aliphatic rings. The van der Waals surface area contributed by atoms with Gasteiger partial charge in [0, 0.05) is 61.7 Å². The first-order chi connectivity index (χ1) is 14.8. The topological polar surface area (TPSA) is 139 Å². The summed E-state index contributed by atoms with van der Waals surface area (Å²) in [4.78, 5) is 49.3. The average molecular weight is 427 g/mol. The van der Waals surface area contributed by atoms with Crippen molar-refractivity contribution in [1.82, 2.24) is 10.2 Å². The zero-order valence-corrected chi connectivity index (χ0v) is 16.8. The first kappa shape index (κ1) is 21.7. The fourth-order valence-corrected chi connectivity index (χ4v) is 3.35. The third-order valence-corrected chi connectivity index (χ3v) is 5.05. The monoisotopic (exact) mass is 427 g/mol. The molecule has 1 saturated heterocycles. The van der Waals surface area contributed by atoms with Crippen LogP contribution < -0.4 is 10.2 Å². The summed E-state index contributed by atoms with van der Waals surface area (Å²) in [5, 5.41) is 24.2. The Bertz CT molecular complexity index is 1000. The van der Waals surface area contributed by atoms with Gasteiger partial charge in [0.15, 0.2) is 0 Å². The van der Waals surface area contributed by atoms with Gasteiger partial charge in [-0.15, -0.1) is 0 Å². The molecular weight excluding hydrogens is 406 g/mol. The van der Waals surface area contributed by atoms with E-state index in [4.69, 9.17) is 0 Å². The summed E-state index contributed by atoms with van der Waals surface area (Å²) in [6, 6.07) is 10.8. The lowest BCUT2D eigenvalue weighted by Crippen LogP contribution is -2.54. The van der Waals surface area contributed by atoms with Crippen LogP contribution in [0.4, 0.5) is 17.1 Å². The molecule has 2 aromatic rings. The molecule has 2 amide bonds. The lowest BCUT2D eigenvalue weighted by Gasteiger charge is -2.37. The molecule has 162 valence electrons. The molecule has 1 aliphatic heterocycles. The summed E-state index contributed by atoms with van der Waals surface area (Å²) in [7, 11) is 0. The highest BCUT2D eigenvalue weighted by molar-refractivity contribution is 5.97. The number of hydrogen-bond acceptors (Lipinski definition) is 7. The van der Waals surface area contributed by atoms with E-state index >= 15 is 0 Å². The molecule has 1 unspecified atom stereocenters. The number of piperazine rings is 1. The van der Waals surface area contributed by atoms with E-state index in [1.165, 1.54) is 30.3 Å². The van der Waals surface area contributed by atoms with E-state index in [0.717, 1.165) is 11.8 Å². The number of nitro groups is 2. The number of nitro benzene ring substituents is 2. The number of hydrogen-bond donors (Lipinski definition) is 1. The Balaban J connectivity index is 1.55. The van der Waals surface area contributed by atoms with Gasteiger partial charge in [-0.3, -0.25) is 29.8 Å². The van der Waals surface area contributed by atoms with Crippen LogP contribution in [0.1, 0.15) is 17.3 Å². The van der Waals surface area contributed by atoms with E-state index in [-0.39, 0.29) is 22.8 Å². The summed E-state index contributed by atoms with van der Waals surface area (Å²) in [5.41, 5.74) is 0.765. The van der Waals surface area contributed by atoms with Crippen molar-refractivity contribution in [2.75, 3.05) is 31.1 Å². The number of rotatable bonds is 6. The Labute approximate surface area is 177 Å². The van der Waals surface area contributed by atoms with Crippen LogP contribution in [0.2, 0.25) is 0 Å². The number of anilines is 1. The maximum Gasteiger partial charge on any atom is 0.270 e. The molecule has 2 aromatic carbocycles. The van der Waals surface area contributed by atoms with Crippen LogP contribution in [0.5, 0.6) is 0 Å². The Morgan fingerprint density at radius 2 is 1.55 bits per heavy atom. The van der Waals surface area contributed by atoms with E-state index in [9.17, 15) is 29.8 Å². The van der Waals surface area contributed by atoms with Crippen LogP contribution in [0.25, 0.3) is 0 Å². The molecule has 0 aromatic heterocycles. The van der Waals surface area contributed by atoms with Crippen LogP contribution in [-0.4, -0.2) is 58.8 Å². The summed E-state index contributed by atoms with van der Waals surface area (Å²) in [6.45, 7) is 3.55. The Morgan fingerprint density at radius 3 is 2.13 bits per heavy atom. The van der Waals surface area contributed by atoms with Crippen molar-refractivity contribution < 1.29 is 19.4 Å². The number of amides is 2. The summed E-state index contributed by atoms with van der Waals surface area (Å²) < 4.78 is 0. The number of carbonyl (C=O) groups excluding carboxylic acids is 2. The predicted molar refractivity (Wildman–Crippen MR) is 112 cm³/mol. The smallest absolute Gasteiger partial charge is 0.270 e. The fraction of sp³-hybridized carbons (Fsp3) is 0.300. The molecule has 1 heterocycles. The third-order valence-electron chi connectivity index (χ3n) is 5.05.